The Labute approximate surface area is 241 Å². The molecule has 0 unspecified atom stereocenters. The van der Waals surface area contributed by atoms with Gasteiger partial charge in [-0.2, -0.15) is 0 Å². The van der Waals surface area contributed by atoms with E-state index in [1.165, 1.54) is 5.56 Å². The molecule has 6 nitrogen and oxygen atoms in total. The second kappa shape index (κ2) is 10.4. The quantitative estimate of drug-likeness (QED) is 0.330. The predicted octanol–water partition coefficient (Wildman–Crippen LogP) is 5.82. The van der Waals surface area contributed by atoms with Gasteiger partial charge >= 0.3 is 0 Å². The Morgan fingerprint density at radius 3 is 2.39 bits per heavy atom. The van der Waals surface area contributed by atoms with Crippen LogP contribution in [-0.2, 0) is 28.6 Å². The zero-order chi connectivity index (χ0) is 28.8. The highest BCUT2D eigenvalue weighted by Crippen LogP contribution is 2.52. The zero-order valence-electron chi connectivity index (χ0n) is 24.0. The highest BCUT2D eigenvalue weighted by molar-refractivity contribution is 5.83. The molecule has 2 N–H and O–H groups in total. The zero-order valence-corrected chi connectivity index (χ0v) is 24.0. The van der Waals surface area contributed by atoms with Crippen LogP contribution in [0.2, 0.25) is 0 Å². The van der Waals surface area contributed by atoms with Gasteiger partial charge in [0.2, 0.25) is 0 Å². The first-order valence-corrected chi connectivity index (χ1v) is 14.5. The van der Waals surface area contributed by atoms with Crippen molar-refractivity contribution in [3.05, 3.63) is 123 Å². The molecule has 0 radical (unpaired) electrons. The second-order valence-electron chi connectivity index (χ2n) is 12.5. The fourth-order valence-corrected chi connectivity index (χ4v) is 5.97. The Morgan fingerprint density at radius 1 is 0.976 bits per heavy atom. The Morgan fingerprint density at radius 2 is 1.68 bits per heavy atom. The number of nitrogens with zero attached hydrogens (tertiary/aromatic N) is 2. The summed E-state index contributed by atoms with van der Waals surface area (Å²) in [6, 6.07) is 26.1. The van der Waals surface area contributed by atoms with Crippen LogP contribution in [0.4, 0.5) is 0 Å². The topological polar surface area (TPSA) is 86.3 Å². The molecule has 1 aliphatic heterocycles. The summed E-state index contributed by atoms with van der Waals surface area (Å²) in [5, 5.41) is 11.3. The maximum atomic E-state index is 13.7. The number of aliphatic hydroxyl groups excluding tert-OH is 1. The van der Waals surface area contributed by atoms with Crippen LogP contribution in [0.5, 0.6) is 0 Å². The van der Waals surface area contributed by atoms with Gasteiger partial charge in [0, 0.05) is 12.1 Å². The van der Waals surface area contributed by atoms with Gasteiger partial charge in [0.1, 0.15) is 5.82 Å². The number of aliphatic hydroxyl groups is 1. The van der Waals surface area contributed by atoms with E-state index < -0.39 is 6.10 Å². The minimum absolute atomic E-state index is 0.0159. The number of fused-ring (bicyclic) bond motifs is 1. The number of aromatic amines is 1. The van der Waals surface area contributed by atoms with E-state index in [0.29, 0.717) is 42.0 Å². The van der Waals surface area contributed by atoms with Crippen molar-refractivity contribution < 1.29 is 9.90 Å². The van der Waals surface area contributed by atoms with Crippen LogP contribution in [-0.4, -0.2) is 32.4 Å². The number of nitrogens with one attached hydrogen (secondary N) is 1. The molecule has 1 aromatic heterocycles. The molecule has 1 fully saturated rings. The lowest BCUT2D eigenvalue weighted by molar-refractivity contribution is -0.141. The molecule has 41 heavy (non-hydrogen) atoms. The molecule has 2 heterocycles. The van der Waals surface area contributed by atoms with E-state index in [1.807, 2.05) is 42.5 Å². The molecular formula is C35H37N3O3. The van der Waals surface area contributed by atoms with Crippen LogP contribution >= 0.6 is 0 Å². The minimum Gasteiger partial charge on any atom is -0.378 e. The average molecular weight is 548 g/mol. The van der Waals surface area contributed by atoms with E-state index in [2.05, 4.69) is 56.1 Å². The molecular weight excluding hydrogens is 510 g/mol. The Balaban J connectivity index is 1.26. The van der Waals surface area contributed by atoms with E-state index >= 15 is 0 Å². The normalized spacial score (nSPS) is 16.9. The Kier molecular flexibility index (Phi) is 6.90. The number of carbonyl (C=O) groups excluding carboxylic acids is 1. The van der Waals surface area contributed by atoms with Gasteiger partial charge < -0.3 is 15.0 Å². The van der Waals surface area contributed by atoms with Crippen molar-refractivity contribution in [3.8, 4) is 11.1 Å². The molecule has 210 valence electrons. The van der Waals surface area contributed by atoms with Gasteiger partial charge in [-0.25, -0.2) is 4.98 Å². The van der Waals surface area contributed by atoms with Crippen molar-refractivity contribution >= 4 is 5.91 Å². The van der Waals surface area contributed by atoms with Gasteiger partial charge in [-0.3, -0.25) is 9.59 Å². The fourth-order valence-electron chi connectivity index (χ4n) is 5.97. The first kappa shape index (κ1) is 27.2. The smallest absolute Gasteiger partial charge is 0.256 e. The summed E-state index contributed by atoms with van der Waals surface area (Å²) >= 11 is 0. The SMILES string of the molecule is CC(C)(C)c1cccc(-c2cccc([C@@H](O)C(=O)N3CCCc4c(nc(C5(c6ccccc6)CC5)[nH]c4=O)C3)c2)c1. The summed E-state index contributed by atoms with van der Waals surface area (Å²) in [5.41, 5.74) is 5.82. The van der Waals surface area contributed by atoms with Gasteiger partial charge in [0.05, 0.1) is 17.7 Å². The summed E-state index contributed by atoms with van der Waals surface area (Å²) in [6.07, 6.45) is 1.74. The molecule has 0 bridgehead atoms. The van der Waals surface area contributed by atoms with Crippen molar-refractivity contribution in [2.24, 2.45) is 0 Å². The summed E-state index contributed by atoms with van der Waals surface area (Å²) in [7, 11) is 0. The van der Waals surface area contributed by atoms with E-state index in [4.69, 9.17) is 4.98 Å². The van der Waals surface area contributed by atoms with E-state index in [-0.39, 0.29) is 28.8 Å². The van der Waals surface area contributed by atoms with Crippen LogP contribution in [0.15, 0.2) is 83.7 Å². The van der Waals surface area contributed by atoms with Crippen molar-refractivity contribution in [2.45, 2.75) is 69.9 Å². The molecule has 6 heteroatoms. The third-order valence-electron chi connectivity index (χ3n) is 8.64. The highest BCUT2D eigenvalue weighted by Gasteiger charge is 2.48. The monoisotopic (exact) mass is 547 g/mol. The van der Waals surface area contributed by atoms with Gasteiger partial charge in [-0.05, 0) is 65.0 Å². The van der Waals surface area contributed by atoms with Crippen LogP contribution < -0.4 is 5.56 Å². The Bertz CT molecular complexity index is 1650. The first-order valence-electron chi connectivity index (χ1n) is 14.5. The van der Waals surface area contributed by atoms with Gasteiger partial charge in [0.15, 0.2) is 6.10 Å². The molecule has 0 saturated heterocycles. The van der Waals surface area contributed by atoms with Crippen LogP contribution in [0.25, 0.3) is 11.1 Å². The average Bonchev–Trinajstić information content (AvgIpc) is 3.81. The van der Waals surface area contributed by atoms with Crippen molar-refractivity contribution in [1.29, 1.82) is 0 Å². The number of carbonyl (C=O) groups is 1. The van der Waals surface area contributed by atoms with Crippen LogP contribution in [0.3, 0.4) is 0 Å². The molecule has 1 atom stereocenters. The lowest BCUT2D eigenvalue weighted by Gasteiger charge is -2.24. The van der Waals surface area contributed by atoms with E-state index in [9.17, 15) is 14.7 Å². The van der Waals surface area contributed by atoms with Crippen LogP contribution in [0.1, 0.15) is 79.9 Å². The van der Waals surface area contributed by atoms with Crippen molar-refractivity contribution in [3.63, 3.8) is 0 Å². The van der Waals surface area contributed by atoms with Gasteiger partial charge in [0.25, 0.3) is 11.5 Å². The number of hydrogen-bond donors (Lipinski definition) is 2. The minimum atomic E-state index is -1.30. The summed E-state index contributed by atoms with van der Waals surface area (Å²) in [5.74, 6) is 0.304. The Hall–Kier alpha value is -4.03. The number of benzene rings is 3. The largest absolute Gasteiger partial charge is 0.378 e. The third kappa shape index (κ3) is 5.24. The maximum absolute atomic E-state index is 13.7. The number of amides is 1. The summed E-state index contributed by atoms with van der Waals surface area (Å²) in [6.45, 7) is 7.21. The predicted molar refractivity (Wildman–Crippen MR) is 161 cm³/mol. The molecule has 1 aliphatic carbocycles. The lowest BCUT2D eigenvalue weighted by atomic mass is 9.85. The lowest BCUT2D eigenvalue weighted by Crippen LogP contribution is -2.35. The van der Waals surface area contributed by atoms with Crippen molar-refractivity contribution in [2.75, 3.05) is 6.54 Å². The summed E-state index contributed by atoms with van der Waals surface area (Å²) < 4.78 is 0. The molecule has 1 amide bonds. The number of H-pyrrole nitrogens is 1. The molecule has 0 spiro atoms. The van der Waals surface area contributed by atoms with Crippen molar-refractivity contribution in [1.82, 2.24) is 14.9 Å². The highest BCUT2D eigenvalue weighted by atomic mass is 16.3. The van der Waals surface area contributed by atoms with Crippen LogP contribution in [0, 0.1) is 0 Å². The van der Waals surface area contributed by atoms with E-state index in [1.54, 1.807) is 11.0 Å². The van der Waals surface area contributed by atoms with E-state index in [0.717, 1.165) is 29.5 Å². The second-order valence-corrected chi connectivity index (χ2v) is 12.5. The standard InChI is InChI=1S/C35H37N3O3/c1-34(2,3)27-15-8-11-24(21-27)23-10-7-12-25(20-23)30(39)32(41)38-19-9-16-28-29(22-38)36-33(37-31(28)40)35(17-18-35)26-13-5-4-6-14-26/h4-8,10-15,20-21,30,39H,9,16-19,22H2,1-3H3,(H,36,37,40)/t30-/m1/s1. The molecule has 3 aromatic carbocycles. The number of aromatic nitrogens is 2. The third-order valence-corrected chi connectivity index (χ3v) is 8.64. The fraction of sp³-hybridized carbons (Fsp3) is 0.343. The molecule has 1 saturated carbocycles. The van der Waals surface area contributed by atoms with Gasteiger partial charge in [-0.1, -0.05) is 93.6 Å². The number of hydrogen-bond acceptors (Lipinski definition) is 4. The molecule has 4 aromatic rings. The molecule has 2 aliphatic rings. The number of rotatable bonds is 5. The summed E-state index contributed by atoms with van der Waals surface area (Å²) in [4.78, 5) is 36.5. The molecule has 6 rings (SSSR count). The first-order chi connectivity index (χ1) is 19.7. The maximum Gasteiger partial charge on any atom is 0.256 e. The van der Waals surface area contributed by atoms with Gasteiger partial charge in [-0.15, -0.1) is 0 Å².